The molecule has 0 aromatic rings. The van der Waals surface area contributed by atoms with Crippen molar-refractivity contribution >= 4 is 11.8 Å². The van der Waals surface area contributed by atoms with Gasteiger partial charge in [-0.15, -0.1) is 11.8 Å². The van der Waals surface area contributed by atoms with Crippen LogP contribution in [0.5, 0.6) is 0 Å². The van der Waals surface area contributed by atoms with Gasteiger partial charge in [-0.25, -0.2) is 0 Å². The Kier molecular flexibility index (Phi) is 2.76. The Hall–Kier alpha value is 0.0500. The molecule has 68 valence electrons. The lowest BCUT2D eigenvalue weighted by atomic mass is 10.3. The fourth-order valence-corrected chi connectivity index (χ4v) is 3.31. The molecule has 1 aliphatic carbocycles. The summed E-state index contributed by atoms with van der Waals surface area (Å²) in [6, 6.07) is 0. The average molecular weight is 184 g/mol. The minimum atomic E-state index is 0.327. The van der Waals surface area contributed by atoms with Crippen molar-refractivity contribution in [3.63, 3.8) is 0 Å². The topological polar surface area (TPSA) is 9.23 Å². The summed E-state index contributed by atoms with van der Waals surface area (Å²) in [7, 11) is 0. The van der Waals surface area contributed by atoms with E-state index in [4.69, 9.17) is 4.74 Å². The Morgan fingerprint density at radius 2 is 2.08 bits per heavy atom. The van der Waals surface area contributed by atoms with Crippen LogP contribution in [-0.4, -0.2) is 17.3 Å². The summed E-state index contributed by atoms with van der Waals surface area (Å²) < 4.78 is 5.59. The number of thioether (sulfide) groups is 1. The fourth-order valence-electron chi connectivity index (χ4n) is 1.87. The van der Waals surface area contributed by atoms with E-state index in [2.05, 4.69) is 6.58 Å². The van der Waals surface area contributed by atoms with Crippen molar-refractivity contribution in [3.8, 4) is 0 Å². The zero-order valence-electron chi connectivity index (χ0n) is 7.42. The van der Waals surface area contributed by atoms with E-state index in [1.54, 1.807) is 0 Å². The normalized spacial score (nSPS) is 31.7. The second kappa shape index (κ2) is 3.84. The van der Waals surface area contributed by atoms with E-state index in [1.165, 1.54) is 31.3 Å². The first-order valence-electron chi connectivity index (χ1n) is 4.81. The van der Waals surface area contributed by atoms with Crippen LogP contribution in [0.4, 0.5) is 0 Å². The van der Waals surface area contributed by atoms with Gasteiger partial charge in [0.1, 0.15) is 5.44 Å². The standard InChI is InChI=1S/C10H16OS/c1-8-6-7-11-10(8)12-9-4-2-3-5-9/h9-10H,1-7H2. The van der Waals surface area contributed by atoms with Crippen LogP contribution in [0.2, 0.25) is 0 Å². The Morgan fingerprint density at radius 3 is 2.67 bits per heavy atom. The molecular weight excluding hydrogens is 168 g/mol. The smallest absolute Gasteiger partial charge is 0.124 e. The average Bonchev–Trinajstić information content (AvgIpc) is 2.65. The van der Waals surface area contributed by atoms with Crippen molar-refractivity contribution in [1.82, 2.24) is 0 Å². The molecule has 2 aliphatic rings. The Bertz CT molecular complexity index is 173. The molecule has 0 aromatic carbocycles. The summed E-state index contributed by atoms with van der Waals surface area (Å²) in [6.45, 7) is 4.92. The van der Waals surface area contributed by atoms with Gasteiger partial charge in [-0.05, 0) is 24.8 Å². The van der Waals surface area contributed by atoms with E-state index >= 15 is 0 Å². The predicted octanol–water partition coefficient (Wildman–Crippen LogP) is 2.96. The maximum Gasteiger partial charge on any atom is 0.124 e. The SMILES string of the molecule is C=C1CCOC1SC1CCCC1. The first kappa shape index (κ1) is 8.64. The van der Waals surface area contributed by atoms with Crippen LogP contribution in [0, 0.1) is 0 Å². The van der Waals surface area contributed by atoms with E-state index in [1.807, 2.05) is 11.8 Å². The third-order valence-electron chi connectivity index (χ3n) is 2.64. The van der Waals surface area contributed by atoms with Crippen LogP contribution in [0.25, 0.3) is 0 Å². The van der Waals surface area contributed by atoms with Gasteiger partial charge in [-0.1, -0.05) is 19.4 Å². The number of hydrogen-bond acceptors (Lipinski definition) is 2. The van der Waals surface area contributed by atoms with Crippen molar-refractivity contribution < 1.29 is 4.74 Å². The number of hydrogen-bond donors (Lipinski definition) is 0. The van der Waals surface area contributed by atoms with Crippen LogP contribution < -0.4 is 0 Å². The number of rotatable bonds is 2. The fraction of sp³-hybridized carbons (Fsp3) is 0.800. The molecule has 2 rings (SSSR count). The van der Waals surface area contributed by atoms with Gasteiger partial charge >= 0.3 is 0 Å². The van der Waals surface area contributed by atoms with E-state index in [9.17, 15) is 0 Å². The van der Waals surface area contributed by atoms with Crippen LogP contribution in [0.3, 0.4) is 0 Å². The molecule has 1 nitrogen and oxygen atoms in total. The van der Waals surface area contributed by atoms with Crippen molar-refractivity contribution in [2.45, 2.75) is 42.8 Å². The minimum Gasteiger partial charge on any atom is -0.363 e. The van der Waals surface area contributed by atoms with Crippen molar-refractivity contribution in [2.24, 2.45) is 0 Å². The monoisotopic (exact) mass is 184 g/mol. The molecule has 0 radical (unpaired) electrons. The van der Waals surface area contributed by atoms with Gasteiger partial charge in [-0.2, -0.15) is 0 Å². The highest BCUT2D eigenvalue weighted by Gasteiger charge is 2.25. The number of ether oxygens (including phenoxy) is 1. The predicted molar refractivity (Wildman–Crippen MR) is 53.3 cm³/mol. The second-order valence-electron chi connectivity index (χ2n) is 3.65. The van der Waals surface area contributed by atoms with Gasteiger partial charge < -0.3 is 4.74 Å². The zero-order valence-corrected chi connectivity index (χ0v) is 8.24. The Balaban J connectivity index is 1.81. The molecule has 0 aromatic heterocycles. The van der Waals surface area contributed by atoms with Gasteiger partial charge in [0.25, 0.3) is 0 Å². The minimum absolute atomic E-state index is 0.327. The molecule has 1 saturated heterocycles. The van der Waals surface area contributed by atoms with Gasteiger partial charge in [0.15, 0.2) is 0 Å². The van der Waals surface area contributed by atoms with E-state index in [0.29, 0.717) is 5.44 Å². The van der Waals surface area contributed by atoms with Gasteiger partial charge in [0.05, 0.1) is 6.61 Å². The van der Waals surface area contributed by atoms with Crippen LogP contribution in [-0.2, 0) is 4.74 Å². The highest BCUT2D eigenvalue weighted by molar-refractivity contribution is 8.00. The first-order valence-corrected chi connectivity index (χ1v) is 5.75. The van der Waals surface area contributed by atoms with Crippen molar-refractivity contribution in [3.05, 3.63) is 12.2 Å². The van der Waals surface area contributed by atoms with Crippen molar-refractivity contribution in [2.75, 3.05) is 6.61 Å². The molecule has 0 amide bonds. The van der Waals surface area contributed by atoms with Gasteiger partial charge in [0, 0.05) is 5.25 Å². The van der Waals surface area contributed by atoms with Crippen LogP contribution >= 0.6 is 11.8 Å². The zero-order chi connectivity index (χ0) is 8.39. The van der Waals surface area contributed by atoms with E-state index in [-0.39, 0.29) is 0 Å². The quantitative estimate of drug-likeness (QED) is 0.610. The highest BCUT2D eigenvalue weighted by atomic mass is 32.2. The second-order valence-corrected chi connectivity index (χ2v) is 5.02. The molecular formula is C10H16OS. The van der Waals surface area contributed by atoms with E-state index < -0.39 is 0 Å². The lowest BCUT2D eigenvalue weighted by Gasteiger charge is -2.15. The third-order valence-corrected chi connectivity index (χ3v) is 4.22. The molecule has 1 saturated carbocycles. The van der Waals surface area contributed by atoms with Gasteiger partial charge in [0.2, 0.25) is 0 Å². The largest absolute Gasteiger partial charge is 0.363 e. The Morgan fingerprint density at radius 1 is 1.33 bits per heavy atom. The highest BCUT2D eigenvalue weighted by Crippen LogP contribution is 2.37. The summed E-state index contributed by atoms with van der Waals surface area (Å²) in [6.07, 6.45) is 6.67. The maximum absolute atomic E-state index is 5.59. The lowest BCUT2D eigenvalue weighted by Crippen LogP contribution is -2.07. The van der Waals surface area contributed by atoms with Crippen molar-refractivity contribution in [1.29, 1.82) is 0 Å². The lowest BCUT2D eigenvalue weighted by molar-refractivity contribution is 0.182. The summed E-state index contributed by atoms with van der Waals surface area (Å²) in [5.74, 6) is 0. The van der Waals surface area contributed by atoms with Gasteiger partial charge in [-0.3, -0.25) is 0 Å². The summed E-state index contributed by atoms with van der Waals surface area (Å²) in [5, 5.41) is 0.852. The molecule has 1 aliphatic heterocycles. The van der Waals surface area contributed by atoms with Crippen LogP contribution in [0.15, 0.2) is 12.2 Å². The molecule has 12 heavy (non-hydrogen) atoms. The molecule has 0 spiro atoms. The molecule has 0 N–H and O–H groups in total. The summed E-state index contributed by atoms with van der Waals surface area (Å²) >= 11 is 2.00. The molecule has 2 heteroatoms. The van der Waals surface area contributed by atoms with E-state index in [0.717, 1.165) is 18.3 Å². The third kappa shape index (κ3) is 1.86. The molecule has 1 atom stereocenters. The molecule has 1 unspecified atom stereocenters. The molecule has 1 heterocycles. The van der Waals surface area contributed by atoms with Crippen LogP contribution in [0.1, 0.15) is 32.1 Å². The Labute approximate surface area is 78.6 Å². The summed E-state index contributed by atoms with van der Waals surface area (Å²) in [5.41, 5.74) is 1.62. The molecule has 2 fully saturated rings. The summed E-state index contributed by atoms with van der Waals surface area (Å²) in [4.78, 5) is 0. The first-order chi connectivity index (χ1) is 5.86. The maximum atomic E-state index is 5.59. The molecule has 0 bridgehead atoms.